The monoisotopic (exact) mass is 751 g/mol. The number of anilines is 1. The van der Waals surface area contributed by atoms with Gasteiger partial charge in [-0.15, -0.1) is 0 Å². The number of nitrogens with zero attached hydrogens (tertiary/aromatic N) is 5. The van der Waals surface area contributed by atoms with Gasteiger partial charge in [0.05, 0.1) is 23.1 Å². The fourth-order valence-corrected chi connectivity index (χ4v) is 6.97. The Bertz CT molecular complexity index is 2060. The number of aromatic nitrogens is 2. The average Bonchev–Trinajstić information content (AvgIpc) is 3.74. The van der Waals surface area contributed by atoms with E-state index in [1.54, 1.807) is 42.3 Å². The summed E-state index contributed by atoms with van der Waals surface area (Å²) < 4.78 is 1.90. The van der Waals surface area contributed by atoms with Gasteiger partial charge in [0.25, 0.3) is 11.8 Å². The molecule has 11 nitrogen and oxygen atoms in total. The number of rotatable bonds is 12. The molecule has 0 saturated carbocycles. The summed E-state index contributed by atoms with van der Waals surface area (Å²) in [6.45, 7) is 12.6. The number of carbonyl (C=O) groups is 3. The highest BCUT2D eigenvalue weighted by Gasteiger charge is 2.37. The molecular weight excluding hydrogens is 702 g/mol. The zero-order valence-electron chi connectivity index (χ0n) is 32.1. The predicted molar refractivity (Wildman–Crippen MR) is 212 cm³/mol. The Hall–Kier alpha value is -5.18. The molecule has 3 N–H and O–H groups in total. The number of likely N-dealkylation sites (tertiary alicyclic amines) is 1. The van der Waals surface area contributed by atoms with Gasteiger partial charge in [-0.3, -0.25) is 19.8 Å². The van der Waals surface area contributed by atoms with E-state index < -0.39 is 17.7 Å². The number of nitrogens with one attached hydrogen (secondary N) is 2. The summed E-state index contributed by atoms with van der Waals surface area (Å²) in [4.78, 5) is 48.6. The van der Waals surface area contributed by atoms with Gasteiger partial charge in [0.2, 0.25) is 5.95 Å². The molecule has 1 saturated heterocycles. The first-order valence-electron chi connectivity index (χ1n) is 18.3. The lowest BCUT2D eigenvalue weighted by Gasteiger charge is -2.41. The van der Waals surface area contributed by atoms with Crippen LogP contribution in [0.5, 0.6) is 0 Å². The molecule has 5 rings (SSSR count). The van der Waals surface area contributed by atoms with E-state index in [4.69, 9.17) is 16.6 Å². The Morgan fingerprint density at radius 2 is 1.76 bits per heavy atom. The van der Waals surface area contributed by atoms with Crippen LogP contribution in [0, 0.1) is 16.7 Å². The molecule has 1 aromatic heterocycles. The Morgan fingerprint density at radius 3 is 2.37 bits per heavy atom. The van der Waals surface area contributed by atoms with Gasteiger partial charge < -0.3 is 19.9 Å². The summed E-state index contributed by atoms with van der Waals surface area (Å²) in [5.41, 5.74) is 2.58. The number of halogens is 1. The largest absolute Gasteiger partial charge is 0.465 e. The van der Waals surface area contributed by atoms with E-state index in [9.17, 15) is 24.8 Å². The topological polar surface area (TPSA) is 144 Å². The minimum atomic E-state index is -1.02. The van der Waals surface area contributed by atoms with Crippen LogP contribution in [0.15, 0.2) is 84.4 Å². The summed E-state index contributed by atoms with van der Waals surface area (Å²) in [6.07, 6.45) is 2.53. The number of carbonyl (C=O) groups excluding carboxylic acids is 2. The molecular formula is C42H50ClN7O4. The van der Waals surface area contributed by atoms with Crippen LogP contribution in [-0.2, 0) is 17.8 Å². The molecule has 0 bridgehead atoms. The van der Waals surface area contributed by atoms with E-state index in [1.807, 2.05) is 94.6 Å². The van der Waals surface area contributed by atoms with Crippen LogP contribution in [0.25, 0.3) is 11.0 Å². The van der Waals surface area contributed by atoms with Gasteiger partial charge in [0, 0.05) is 35.3 Å². The van der Waals surface area contributed by atoms with E-state index in [0.29, 0.717) is 47.6 Å². The van der Waals surface area contributed by atoms with E-state index in [-0.39, 0.29) is 40.8 Å². The molecule has 1 fully saturated rings. The Morgan fingerprint density at radius 1 is 1.07 bits per heavy atom. The van der Waals surface area contributed by atoms with Gasteiger partial charge in [0.1, 0.15) is 11.6 Å². The van der Waals surface area contributed by atoms with Gasteiger partial charge >= 0.3 is 6.09 Å². The smallest absolute Gasteiger partial charge is 0.408 e. The van der Waals surface area contributed by atoms with E-state index in [1.165, 1.54) is 4.90 Å². The molecule has 3 aromatic carbocycles. The molecule has 1 aliphatic rings. The Balaban J connectivity index is 1.60. The Kier molecular flexibility index (Phi) is 12.2. The molecule has 0 aliphatic carbocycles. The van der Waals surface area contributed by atoms with Gasteiger partial charge in [-0.1, -0.05) is 68.8 Å². The van der Waals surface area contributed by atoms with Crippen LogP contribution in [0.1, 0.15) is 81.9 Å². The van der Waals surface area contributed by atoms with Gasteiger partial charge in [-0.05, 0) is 106 Å². The molecule has 1 aliphatic heterocycles. The van der Waals surface area contributed by atoms with Crippen molar-refractivity contribution < 1.29 is 19.5 Å². The maximum absolute atomic E-state index is 13.8. The molecule has 4 aromatic rings. The highest BCUT2D eigenvalue weighted by Crippen LogP contribution is 2.36. The van der Waals surface area contributed by atoms with Crippen molar-refractivity contribution in [2.75, 3.05) is 18.9 Å². The van der Waals surface area contributed by atoms with Crippen molar-refractivity contribution in [2.45, 2.75) is 91.0 Å². The standard InChI is InChI=1S/C42H50ClN7O4/c1-27(41(2,3)4)50(40(53)54)36(22-28-12-9-8-10-13-28)30-17-20-35-34(23-30)46-39(47-37(51)29-15-18-32(43)19-16-29)49(35)26-33-14-11-21-48(33)38(52)31(25-44)24-42(5,6)45-7/h8-10,12-13,15-20,23-24,27,33,36,45H,11,14,21-22,26H2,1-7H3,(H,53,54)(H,46,47,51)/b31-24+/t27-,33?,36?/m0/s1. The van der Waals surface area contributed by atoms with Crippen LogP contribution in [0.2, 0.25) is 5.02 Å². The zero-order valence-corrected chi connectivity index (χ0v) is 32.8. The minimum Gasteiger partial charge on any atom is -0.465 e. The lowest BCUT2D eigenvalue weighted by Crippen LogP contribution is -2.47. The van der Waals surface area contributed by atoms with E-state index >= 15 is 0 Å². The number of hydrogen-bond acceptors (Lipinski definition) is 6. The summed E-state index contributed by atoms with van der Waals surface area (Å²) in [5, 5.41) is 27.2. The van der Waals surface area contributed by atoms with E-state index in [2.05, 4.69) is 16.7 Å². The summed E-state index contributed by atoms with van der Waals surface area (Å²) in [7, 11) is 1.78. The third-order valence-electron chi connectivity index (χ3n) is 10.5. The van der Waals surface area contributed by atoms with Crippen molar-refractivity contribution in [3.8, 4) is 6.07 Å². The number of nitriles is 1. The maximum Gasteiger partial charge on any atom is 0.408 e. The number of fused-ring (bicyclic) bond motifs is 1. The van der Waals surface area contributed by atoms with Crippen molar-refractivity contribution in [3.63, 3.8) is 0 Å². The molecule has 2 unspecified atom stereocenters. The van der Waals surface area contributed by atoms with Crippen molar-refractivity contribution >= 4 is 46.5 Å². The number of hydrogen-bond donors (Lipinski definition) is 3. The molecule has 3 amide bonds. The van der Waals surface area contributed by atoms with Crippen molar-refractivity contribution in [2.24, 2.45) is 5.41 Å². The molecule has 0 radical (unpaired) electrons. The lowest BCUT2D eigenvalue weighted by atomic mass is 9.84. The van der Waals surface area contributed by atoms with Crippen LogP contribution in [-0.4, -0.2) is 73.6 Å². The summed E-state index contributed by atoms with van der Waals surface area (Å²) in [5.74, 6) is -0.441. The second kappa shape index (κ2) is 16.5. The van der Waals surface area contributed by atoms with Crippen LogP contribution in [0.4, 0.5) is 10.7 Å². The second-order valence-electron chi connectivity index (χ2n) is 15.6. The number of likely N-dealkylation sites (N-methyl/N-ethyl adjacent to an activating group) is 1. The fourth-order valence-electron chi connectivity index (χ4n) is 6.84. The normalized spacial score (nSPS) is 16.2. The summed E-state index contributed by atoms with van der Waals surface area (Å²) >= 11 is 6.10. The van der Waals surface area contributed by atoms with Crippen LogP contribution < -0.4 is 10.6 Å². The van der Waals surface area contributed by atoms with Crippen LogP contribution in [0.3, 0.4) is 0 Å². The molecule has 3 atom stereocenters. The predicted octanol–water partition coefficient (Wildman–Crippen LogP) is 8.08. The van der Waals surface area contributed by atoms with Gasteiger partial charge in [-0.25, -0.2) is 9.78 Å². The second-order valence-corrected chi connectivity index (χ2v) is 16.1. The first-order valence-corrected chi connectivity index (χ1v) is 18.7. The maximum atomic E-state index is 13.8. The fraction of sp³-hybridized carbons (Fsp3) is 0.405. The third kappa shape index (κ3) is 9.12. The molecule has 54 heavy (non-hydrogen) atoms. The number of carboxylic acid groups (broad SMARTS) is 1. The molecule has 2 heterocycles. The quantitative estimate of drug-likeness (QED) is 0.0981. The summed E-state index contributed by atoms with van der Waals surface area (Å²) in [6, 6.07) is 23.0. The van der Waals surface area contributed by atoms with Crippen molar-refractivity contribution in [1.29, 1.82) is 5.26 Å². The number of imidazole rings is 1. The Labute approximate surface area is 322 Å². The first-order chi connectivity index (χ1) is 25.5. The molecule has 12 heteroatoms. The van der Waals surface area contributed by atoms with Gasteiger partial charge in [-0.2, -0.15) is 5.26 Å². The van der Waals surface area contributed by atoms with E-state index in [0.717, 1.165) is 17.5 Å². The molecule has 284 valence electrons. The lowest BCUT2D eigenvalue weighted by molar-refractivity contribution is -0.127. The number of amides is 3. The SMILES string of the molecule is CNC(C)(C)/C=C(\C#N)C(=O)N1CCCC1Cn1c(NC(=O)c2ccc(Cl)cc2)nc2cc(C(Cc3ccccc3)N(C(=O)O)[C@@H](C)C(C)(C)C)ccc21. The first kappa shape index (κ1) is 40.0. The third-order valence-corrected chi connectivity index (χ3v) is 10.8. The minimum absolute atomic E-state index is 0.0644. The van der Waals surface area contributed by atoms with Crippen molar-refractivity contribution in [3.05, 3.63) is 106 Å². The van der Waals surface area contributed by atoms with Crippen LogP contribution >= 0.6 is 11.6 Å². The van der Waals surface area contributed by atoms with Crippen molar-refractivity contribution in [1.82, 2.24) is 24.7 Å². The highest BCUT2D eigenvalue weighted by atomic mass is 35.5. The number of benzene rings is 3. The highest BCUT2D eigenvalue weighted by molar-refractivity contribution is 6.30. The zero-order chi connectivity index (χ0) is 39.4. The van der Waals surface area contributed by atoms with Gasteiger partial charge in [0.15, 0.2) is 0 Å². The average molecular weight is 752 g/mol. The molecule has 0 spiro atoms.